The molecule has 1 aliphatic heterocycles. The number of benzene rings is 2. The summed E-state index contributed by atoms with van der Waals surface area (Å²) in [6.45, 7) is -0.606. The second-order valence-electron chi connectivity index (χ2n) is 7.12. The van der Waals surface area contributed by atoms with Crippen molar-refractivity contribution in [1.29, 1.82) is 0 Å². The second-order valence-corrected chi connectivity index (χ2v) is 7.12. The second kappa shape index (κ2) is 9.35. The average Bonchev–Trinajstić information content (AvgIpc) is 3.51. The predicted octanol–water partition coefficient (Wildman–Crippen LogP) is 3.73. The van der Waals surface area contributed by atoms with Crippen molar-refractivity contribution in [2.75, 3.05) is 13.7 Å². The van der Waals surface area contributed by atoms with Gasteiger partial charge >= 0.3 is 11.9 Å². The van der Waals surface area contributed by atoms with Crippen LogP contribution in [0.2, 0.25) is 0 Å². The number of ether oxygens (including phenoxy) is 2. The van der Waals surface area contributed by atoms with E-state index < -0.39 is 35.3 Å². The van der Waals surface area contributed by atoms with Gasteiger partial charge in [0.15, 0.2) is 6.61 Å². The smallest absolute Gasteiger partial charge is 0.433 e. The molecule has 1 unspecified atom stereocenters. The van der Waals surface area contributed by atoms with Crippen LogP contribution < -0.4 is 4.74 Å². The molecule has 10 heteroatoms. The highest BCUT2D eigenvalue weighted by Crippen LogP contribution is 2.33. The predicted molar refractivity (Wildman–Crippen MR) is 116 cm³/mol. The standard InChI is InChI=1S/C23H19N3O7/c1-31-17-9-7-16(8-10-17)19-13-18(15-5-3-2-4-6-15)24-25(19)21(27)14-32-23(28)20-11-12-22(33-20)26(29)30/h2-12,19H,13-14H2,1H3. The molecule has 1 amide bonds. The van der Waals surface area contributed by atoms with E-state index in [1.807, 2.05) is 42.5 Å². The van der Waals surface area contributed by atoms with Gasteiger partial charge in [-0.1, -0.05) is 42.5 Å². The SMILES string of the molecule is COc1ccc(C2CC(c3ccccc3)=NN2C(=O)COC(=O)c2ccc([N+](=O)[O-])o2)cc1. The first kappa shape index (κ1) is 21.8. The van der Waals surface area contributed by atoms with Crippen molar-refractivity contribution < 1.29 is 28.4 Å². The summed E-state index contributed by atoms with van der Waals surface area (Å²) >= 11 is 0. The monoisotopic (exact) mass is 449 g/mol. The summed E-state index contributed by atoms with van der Waals surface area (Å²) in [5.41, 5.74) is 2.44. The Kier molecular flexibility index (Phi) is 6.16. The minimum Gasteiger partial charge on any atom is -0.497 e. The van der Waals surface area contributed by atoms with Gasteiger partial charge in [0.1, 0.15) is 10.7 Å². The van der Waals surface area contributed by atoms with Crippen LogP contribution in [0.4, 0.5) is 5.88 Å². The Morgan fingerprint density at radius 2 is 1.85 bits per heavy atom. The molecular formula is C23H19N3O7. The van der Waals surface area contributed by atoms with Crippen molar-refractivity contribution in [3.8, 4) is 5.75 Å². The highest BCUT2D eigenvalue weighted by molar-refractivity contribution is 6.03. The van der Waals surface area contributed by atoms with Gasteiger partial charge < -0.3 is 13.9 Å². The summed E-state index contributed by atoms with van der Waals surface area (Å²) in [5, 5.41) is 16.5. The molecule has 168 valence electrons. The third-order valence-corrected chi connectivity index (χ3v) is 5.07. The molecule has 2 aromatic carbocycles. The van der Waals surface area contributed by atoms with E-state index in [0.29, 0.717) is 12.2 Å². The van der Waals surface area contributed by atoms with Crippen LogP contribution in [0.1, 0.15) is 34.1 Å². The molecule has 0 saturated heterocycles. The number of carbonyl (C=O) groups is 2. The van der Waals surface area contributed by atoms with E-state index in [9.17, 15) is 19.7 Å². The van der Waals surface area contributed by atoms with Crippen LogP contribution in [-0.2, 0) is 9.53 Å². The van der Waals surface area contributed by atoms with Gasteiger partial charge in [0.25, 0.3) is 5.91 Å². The number of furan rings is 1. The fourth-order valence-corrected chi connectivity index (χ4v) is 3.43. The van der Waals surface area contributed by atoms with Gasteiger partial charge in [-0.05, 0) is 29.3 Å². The van der Waals surface area contributed by atoms with E-state index in [1.165, 1.54) is 5.01 Å². The first-order valence-corrected chi connectivity index (χ1v) is 9.96. The summed E-state index contributed by atoms with van der Waals surface area (Å²) in [6.07, 6.45) is 0.473. The number of hydrazone groups is 1. The zero-order valence-corrected chi connectivity index (χ0v) is 17.5. The Balaban J connectivity index is 1.52. The minimum absolute atomic E-state index is 0.365. The molecule has 0 N–H and O–H groups in total. The number of nitro groups is 1. The normalized spacial score (nSPS) is 15.1. The van der Waals surface area contributed by atoms with Crippen molar-refractivity contribution in [3.05, 3.63) is 93.7 Å². The number of hydrogen-bond acceptors (Lipinski definition) is 8. The molecule has 0 aliphatic carbocycles. The van der Waals surface area contributed by atoms with E-state index in [1.54, 1.807) is 19.2 Å². The van der Waals surface area contributed by atoms with Gasteiger partial charge in [-0.2, -0.15) is 5.10 Å². The Bertz CT molecular complexity index is 1200. The zero-order chi connectivity index (χ0) is 23.4. The number of amides is 1. The van der Waals surface area contributed by atoms with Crippen LogP contribution >= 0.6 is 0 Å². The van der Waals surface area contributed by atoms with Crippen molar-refractivity contribution in [1.82, 2.24) is 5.01 Å². The lowest BCUT2D eigenvalue weighted by Crippen LogP contribution is -2.31. The van der Waals surface area contributed by atoms with Crippen LogP contribution in [0.25, 0.3) is 0 Å². The Hall–Kier alpha value is -4.47. The fraction of sp³-hybridized carbons (Fsp3) is 0.174. The van der Waals surface area contributed by atoms with E-state index in [-0.39, 0.29) is 5.76 Å². The lowest BCUT2D eigenvalue weighted by molar-refractivity contribution is -0.402. The van der Waals surface area contributed by atoms with Crippen molar-refractivity contribution in [3.63, 3.8) is 0 Å². The van der Waals surface area contributed by atoms with Crippen LogP contribution in [0.5, 0.6) is 5.75 Å². The minimum atomic E-state index is -0.982. The molecule has 0 saturated carbocycles. The molecule has 0 radical (unpaired) electrons. The third kappa shape index (κ3) is 4.74. The van der Waals surface area contributed by atoms with E-state index in [0.717, 1.165) is 29.0 Å². The van der Waals surface area contributed by atoms with Gasteiger partial charge in [-0.25, -0.2) is 9.80 Å². The number of hydrogen-bond donors (Lipinski definition) is 0. The molecule has 33 heavy (non-hydrogen) atoms. The molecular weight excluding hydrogens is 430 g/mol. The summed E-state index contributed by atoms with van der Waals surface area (Å²) in [6, 6.07) is 18.5. The van der Waals surface area contributed by atoms with E-state index >= 15 is 0 Å². The van der Waals surface area contributed by atoms with Crippen LogP contribution in [-0.4, -0.2) is 41.2 Å². The fourth-order valence-electron chi connectivity index (χ4n) is 3.43. The zero-order valence-electron chi connectivity index (χ0n) is 17.5. The topological polar surface area (TPSA) is 124 Å². The number of esters is 1. The van der Waals surface area contributed by atoms with E-state index in [4.69, 9.17) is 13.9 Å². The highest BCUT2D eigenvalue weighted by atomic mass is 16.7. The first-order chi connectivity index (χ1) is 16.0. The van der Waals surface area contributed by atoms with Crippen molar-refractivity contribution in [2.45, 2.75) is 12.5 Å². The van der Waals surface area contributed by atoms with Gasteiger partial charge in [0.05, 0.1) is 24.9 Å². The molecule has 10 nitrogen and oxygen atoms in total. The Labute approximate surface area is 188 Å². The van der Waals surface area contributed by atoms with Gasteiger partial charge in [-0.15, -0.1) is 0 Å². The van der Waals surface area contributed by atoms with Crippen molar-refractivity contribution >= 4 is 23.5 Å². The molecule has 2 heterocycles. The van der Waals surface area contributed by atoms with E-state index in [2.05, 4.69) is 5.10 Å². The van der Waals surface area contributed by atoms with Crippen LogP contribution in [0.15, 0.2) is 76.2 Å². The Morgan fingerprint density at radius 1 is 1.12 bits per heavy atom. The Morgan fingerprint density at radius 3 is 2.48 bits per heavy atom. The number of rotatable bonds is 7. The molecule has 4 rings (SSSR count). The van der Waals surface area contributed by atoms with Gasteiger partial charge in [0, 0.05) is 6.42 Å². The molecule has 1 aromatic heterocycles. The highest BCUT2D eigenvalue weighted by Gasteiger charge is 2.34. The third-order valence-electron chi connectivity index (χ3n) is 5.07. The summed E-state index contributed by atoms with van der Waals surface area (Å²) in [4.78, 5) is 35.0. The molecule has 0 spiro atoms. The average molecular weight is 449 g/mol. The molecule has 0 fully saturated rings. The maximum Gasteiger partial charge on any atom is 0.433 e. The van der Waals surface area contributed by atoms with Crippen LogP contribution in [0, 0.1) is 10.1 Å². The molecule has 1 aliphatic rings. The maximum absolute atomic E-state index is 13.0. The maximum atomic E-state index is 13.0. The van der Waals surface area contributed by atoms with Crippen molar-refractivity contribution in [2.24, 2.45) is 5.10 Å². The lowest BCUT2D eigenvalue weighted by Gasteiger charge is -2.22. The number of methoxy groups -OCH3 is 1. The number of nitrogens with zero attached hydrogens (tertiary/aromatic N) is 3. The largest absolute Gasteiger partial charge is 0.497 e. The molecule has 0 bridgehead atoms. The summed E-state index contributed by atoms with van der Waals surface area (Å²) in [5.74, 6) is -1.80. The quantitative estimate of drug-likeness (QED) is 0.306. The summed E-state index contributed by atoms with van der Waals surface area (Å²) in [7, 11) is 1.57. The lowest BCUT2D eigenvalue weighted by atomic mass is 9.98. The molecule has 1 atom stereocenters. The van der Waals surface area contributed by atoms with Crippen LogP contribution in [0.3, 0.4) is 0 Å². The molecule has 3 aromatic rings. The number of carbonyl (C=O) groups excluding carboxylic acids is 2. The summed E-state index contributed by atoms with van der Waals surface area (Å²) < 4.78 is 15.0. The van der Waals surface area contributed by atoms with Gasteiger partial charge in [0.2, 0.25) is 5.76 Å². The van der Waals surface area contributed by atoms with Gasteiger partial charge in [-0.3, -0.25) is 14.9 Å². The first-order valence-electron chi connectivity index (χ1n) is 9.96.